The molecule has 0 atom stereocenters. The molecule has 0 unspecified atom stereocenters. The first-order valence-corrected chi connectivity index (χ1v) is 6.60. The van der Waals surface area contributed by atoms with Crippen LogP contribution in [0, 0.1) is 0 Å². The maximum Gasteiger partial charge on any atom is 0.336 e. The number of carboxylic acid groups (broad SMARTS) is 1. The number of aromatic carboxylic acids is 1. The highest BCUT2D eigenvalue weighted by atomic mass is 79.9. The molecule has 19 heavy (non-hydrogen) atoms. The summed E-state index contributed by atoms with van der Waals surface area (Å²) in [5.41, 5.74) is 5.96. The van der Waals surface area contributed by atoms with Crippen LogP contribution < -0.4 is 11.1 Å². The molecule has 0 spiro atoms. The number of amides is 1. The second kappa shape index (κ2) is 6.16. The number of carbonyl (C=O) groups is 2. The van der Waals surface area contributed by atoms with E-state index < -0.39 is 11.5 Å². The van der Waals surface area contributed by atoms with E-state index in [2.05, 4.69) is 21.2 Å². The molecule has 0 aliphatic carbocycles. The van der Waals surface area contributed by atoms with Crippen molar-refractivity contribution in [2.24, 2.45) is 5.73 Å². The minimum Gasteiger partial charge on any atom is -0.478 e. The van der Waals surface area contributed by atoms with Gasteiger partial charge in [-0.1, -0.05) is 0 Å². The van der Waals surface area contributed by atoms with Crippen LogP contribution in [0.3, 0.4) is 0 Å². The SMILES string of the molecule is CC(C)(N)CCC(=O)Nc1ccc(Br)c(C(=O)O)c1. The number of nitrogens with one attached hydrogen (secondary N) is 1. The van der Waals surface area contributed by atoms with Crippen molar-refractivity contribution in [3.05, 3.63) is 28.2 Å². The van der Waals surface area contributed by atoms with Gasteiger partial charge in [0, 0.05) is 22.1 Å². The van der Waals surface area contributed by atoms with Crippen LogP contribution in [0.2, 0.25) is 0 Å². The summed E-state index contributed by atoms with van der Waals surface area (Å²) in [6, 6.07) is 4.64. The van der Waals surface area contributed by atoms with Crippen molar-refractivity contribution in [2.45, 2.75) is 32.2 Å². The molecule has 6 heteroatoms. The predicted octanol–water partition coefficient (Wildman–Crippen LogP) is 2.60. The third-order valence-electron chi connectivity index (χ3n) is 2.48. The fourth-order valence-electron chi connectivity index (χ4n) is 1.43. The van der Waals surface area contributed by atoms with Crippen LogP contribution >= 0.6 is 15.9 Å². The van der Waals surface area contributed by atoms with E-state index in [4.69, 9.17) is 10.8 Å². The fourth-order valence-corrected chi connectivity index (χ4v) is 1.84. The highest BCUT2D eigenvalue weighted by molar-refractivity contribution is 9.10. The molecule has 1 aromatic carbocycles. The van der Waals surface area contributed by atoms with Gasteiger partial charge in [0.05, 0.1) is 5.56 Å². The van der Waals surface area contributed by atoms with E-state index in [9.17, 15) is 9.59 Å². The van der Waals surface area contributed by atoms with E-state index in [0.717, 1.165) is 0 Å². The molecule has 0 radical (unpaired) electrons. The Morgan fingerprint density at radius 1 is 1.42 bits per heavy atom. The maximum absolute atomic E-state index is 11.7. The van der Waals surface area contributed by atoms with Crippen molar-refractivity contribution >= 4 is 33.5 Å². The van der Waals surface area contributed by atoms with E-state index >= 15 is 0 Å². The molecule has 1 amide bonds. The van der Waals surface area contributed by atoms with Crippen molar-refractivity contribution in [3.63, 3.8) is 0 Å². The number of anilines is 1. The van der Waals surface area contributed by atoms with Crippen molar-refractivity contribution in [3.8, 4) is 0 Å². The standard InChI is InChI=1S/C13H17BrN2O3/c1-13(2,15)6-5-11(17)16-8-3-4-10(14)9(7-8)12(18)19/h3-4,7H,5-6,15H2,1-2H3,(H,16,17)(H,18,19). The van der Waals surface area contributed by atoms with Gasteiger partial charge in [-0.25, -0.2) is 4.79 Å². The molecular formula is C13H17BrN2O3. The second-order valence-electron chi connectivity index (χ2n) is 5.04. The van der Waals surface area contributed by atoms with Gasteiger partial charge in [0.15, 0.2) is 0 Å². The normalized spacial score (nSPS) is 11.2. The maximum atomic E-state index is 11.7. The molecule has 0 fully saturated rings. The number of benzene rings is 1. The number of halogens is 1. The largest absolute Gasteiger partial charge is 0.478 e. The zero-order valence-electron chi connectivity index (χ0n) is 10.9. The minimum absolute atomic E-state index is 0.108. The molecule has 0 bridgehead atoms. The first-order chi connectivity index (χ1) is 8.69. The molecule has 0 saturated heterocycles. The van der Waals surface area contributed by atoms with E-state index in [-0.39, 0.29) is 11.5 Å². The molecule has 104 valence electrons. The van der Waals surface area contributed by atoms with Gasteiger partial charge in [-0.15, -0.1) is 0 Å². The van der Waals surface area contributed by atoms with Crippen LogP contribution in [0.5, 0.6) is 0 Å². The van der Waals surface area contributed by atoms with Crippen molar-refractivity contribution < 1.29 is 14.7 Å². The lowest BCUT2D eigenvalue weighted by molar-refractivity contribution is -0.116. The van der Waals surface area contributed by atoms with Gasteiger partial charge in [-0.3, -0.25) is 4.79 Å². The Morgan fingerprint density at radius 2 is 2.05 bits per heavy atom. The van der Waals surface area contributed by atoms with E-state index in [1.165, 1.54) is 6.07 Å². The van der Waals surface area contributed by atoms with Crippen LogP contribution in [0.25, 0.3) is 0 Å². The Bertz CT molecular complexity index is 495. The van der Waals surface area contributed by atoms with Gasteiger partial charge >= 0.3 is 5.97 Å². The summed E-state index contributed by atoms with van der Waals surface area (Å²) < 4.78 is 0.473. The van der Waals surface area contributed by atoms with Gasteiger partial charge in [-0.05, 0) is 54.4 Å². The number of hydrogen-bond donors (Lipinski definition) is 3. The highest BCUT2D eigenvalue weighted by Crippen LogP contribution is 2.21. The van der Waals surface area contributed by atoms with E-state index in [1.54, 1.807) is 12.1 Å². The first kappa shape index (κ1) is 15.7. The van der Waals surface area contributed by atoms with Crippen LogP contribution in [-0.4, -0.2) is 22.5 Å². The minimum atomic E-state index is -1.05. The molecular weight excluding hydrogens is 312 g/mol. The highest BCUT2D eigenvalue weighted by Gasteiger charge is 2.14. The van der Waals surface area contributed by atoms with Gasteiger partial charge < -0.3 is 16.2 Å². The van der Waals surface area contributed by atoms with Gasteiger partial charge in [0.2, 0.25) is 5.91 Å². The second-order valence-corrected chi connectivity index (χ2v) is 5.89. The summed E-state index contributed by atoms with van der Waals surface area (Å²) in [5, 5.41) is 11.6. The first-order valence-electron chi connectivity index (χ1n) is 5.80. The average molecular weight is 329 g/mol. The van der Waals surface area contributed by atoms with Crippen molar-refractivity contribution in [1.82, 2.24) is 0 Å². The Labute approximate surface area is 120 Å². The molecule has 0 aromatic heterocycles. The molecule has 1 rings (SSSR count). The third kappa shape index (κ3) is 5.40. The monoisotopic (exact) mass is 328 g/mol. The predicted molar refractivity (Wildman–Crippen MR) is 77.2 cm³/mol. The van der Waals surface area contributed by atoms with Crippen LogP contribution in [-0.2, 0) is 4.79 Å². The lowest BCUT2D eigenvalue weighted by Crippen LogP contribution is -2.33. The summed E-state index contributed by atoms with van der Waals surface area (Å²) >= 11 is 3.14. The summed E-state index contributed by atoms with van der Waals surface area (Å²) in [6.45, 7) is 3.70. The van der Waals surface area contributed by atoms with Crippen molar-refractivity contribution in [1.29, 1.82) is 0 Å². The van der Waals surface area contributed by atoms with Gasteiger partial charge in [0.25, 0.3) is 0 Å². The molecule has 0 heterocycles. The average Bonchev–Trinajstić information content (AvgIpc) is 2.28. The van der Waals surface area contributed by atoms with E-state index in [0.29, 0.717) is 23.0 Å². The zero-order chi connectivity index (χ0) is 14.6. The van der Waals surface area contributed by atoms with Crippen LogP contribution in [0.4, 0.5) is 5.69 Å². The lowest BCUT2D eigenvalue weighted by atomic mass is 10.00. The fraction of sp³-hybridized carbons (Fsp3) is 0.385. The quantitative estimate of drug-likeness (QED) is 0.774. The number of nitrogens with two attached hydrogens (primary N) is 1. The number of hydrogen-bond acceptors (Lipinski definition) is 3. The summed E-state index contributed by atoms with van der Waals surface area (Å²) in [6.07, 6.45) is 0.850. The van der Waals surface area contributed by atoms with Crippen LogP contribution in [0.15, 0.2) is 22.7 Å². The molecule has 4 N–H and O–H groups in total. The number of rotatable bonds is 5. The summed E-state index contributed by atoms with van der Waals surface area (Å²) in [7, 11) is 0. The zero-order valence-corrected chi connectivity index (χ0v) is 12.5. The lowest BCUT2D eigenvalue weighted by Gasteiger charge is -2.17. The van der Waals surface area contributed by atoms with E-state index in [1.807, 2.05) is 13.8 Å². The molecule has 1 aromatic rings. The molecule has 5 nitrogen and oxygen atoms in total. The van der Waals surface area contributed by atoms with Crippen molar-refractivity contribution in [2.75, 3.05) is 5.32 Å². The Balaban J connectivity index is 2.70. The molecule has 0 saturated carbocycles. The number of carboxylic acids is 1. The smallest absolute Gasteiger partial charge is 0.336 e. The Morgan fingerprint density at radius 3 is 2.58 bits per heavy atom. The summed E-state index contributed by atoms with van der Waals surface area (Å²) in [5.74, 6) is -1.23. The Kier molecular flexibility index (Phi) is 5.08. The van der Waals surface area contributed by atoms with Gasteiger partial charge in [-0.2, -0.15) is 0 Å². The topological polar surface area (TPSA) is 92.4 Å². The molecule has 0 aliphatic rings. The summed E-state index contributed by atoms with van der Waals surface area (Å²) in [4.78, 5) is 22.7. The Hall–Kier alpha value is -1.40. The van der Waals surface area contributed by atoms with Gasteiger partial charge in [0.1, 0.15) is 0 Å². The molecule has 0 aliphatic heterocycles. The third-order valence-corrected chi connectivity index (χ3v) is 3.17. The van der Waals surface area contributed by atoms with Crippen LogP contribution in [0.1, 0.15) is 37.0 Å². The number of carbonyl (C=O) groups excluding carboxylic acids is 1.